The number of aromatic nitrogens is 1. The van der Waals surface area contributed by atoms with Gasteiger partial charge in [0.25, 0.3) is 0 Å². The van der Waals surface area contributed by atoms with Crippen molar-refractivity contribution in [3.8, 4) is 0 Å². The van der Waals surface area contributed by atoms with E-state index in [1.807, 2.05) is 12.1 Å². The summed E-state index contributed by atoms with van der Waals surface area (Å²) in [6, 6.07) is 5.44. The SMILES string of the molecule is CCCCCNCC(=O)Nc1ccccn1. The molecule has 2 N–H and O–H groups in total. The van der Waals surface area contributed by atoms with Crippen molar-refractivity contribution in [1.29, 1.82) is 0 Å². The summed E-state index contributed by atoms with van der Waals surface area (Å²) in [6.07, 6.45) is 5.17. The van der Waals surface area contributed by atoms with Crippen molar-refractivity contribution in [2.24, 2.45) is 0 Å². The molecule has 0 saturated carbocycles. The predicted octanol–water partition coefficient (Wildman–Crippen LogP) is 1.80. The van der Waals surface area contributed by atoms with Gasteiger partial charge in [0.05, 0.1) is 6.54 Å². The predicted molar refractivity (Wildman–Crippen MR) is 65.3 cm³/mol. The lowest BCUT2D eigenvalue weighted by atomic mass is 10.2. The van der Waals surface area contributed by atoms with Gasteiger partial charge in [-0.3, -0.25) is 4.79 Å². The Kier molecular flexibility index (Phi) is 6.18. The molecule has 0 unspecified atom stereocenters. The van der Waals surface area contributed by atoms with E-state index in [-0.39, 0.29) is 5.91 Å². The Hall–Kier alpha value is -1.42. The molecule has 0 radical (unpaired) electrons. The average molecular weight is 221 g/mol. The highest BCUT2D eigenvalue weighted by Gasteiger charge is 2.00. The molecule has 4 nitrogen and oxygen atoms in total. The Labute approximate surface area is 96.5 Å². The van der Waals surface area contributed by atoms with E-state index in [1.54, 1.807) is 12.3 Å². The van der Waals surface area contributed by atoms with Gasteiger partial charge in [-0.2, -0.15) is 0 Å². The van der Waals surface area contributed by atoms with Gasteiger partial charge >= 0.3 is 0 Å². The van der Waals surface area contributed by atoms with E-state index in [9.17, 15) is 4.79 Å². The average Bonchev–Trinajstić information content (AvgIpc) is 2.30. The number of pyridine rings is 1. The van der Waals surface area contributed by atoms with Crippen molar-refractivity contribution in [3.63, 3.8) is 0 Å². The second-order valence-electron chi connectivity index (χ2n) is 3.65. The lowest BCUT2D eigenvalue weighted by Gasteiger charge is -2.05. The van der Waals surface area contributed by atoms with Crippen molar-refractivity contribution in [2.75, 3.05) is 18.4 Å². The molecule has 0 aliphatic carbocycles. The van der Waals surface area contributed by atoms with Crippen LogP contribution in [0.4, 0.5) is 5.82 Å². The van der Waals surface area contributed by atoms with Gasteiger partial charge in [0.2, 0.25) is 5.91 Å². The van der Waals surface area contributed by atoms with Gasteiger partial charge in [0.15, 0.2) is 0 Å². The van der Waals surface area contributed by atoms with E-state index in [2.05, 4.69) is 22.5 Å². The summed E-state index contributed by atoms with van der Waals surface area (Å²) in [7, 11) is 0. The monoisotopic (exact) mass is 221 g/mol. The Morgan fingerprint density at radius 1 is 1.38 bits per heavy atom. The Morgan fingerprint density at radius 2 is 2.25 bits per heavy atom. The molecule has 1 aromatic rings. The fourth-order valence-electron chi connectivity index (χ4n) is 1.33. The van der Waals surface area contributed by atoms with Crippen molar-refractivity contribution < 1.29 is 4.79 Å². The lowest BCUT2D eigenvalue weighted by Crippen LogP contribution is -2.29. The number of amides is 1. The Morgan fingerprint density at radius 3 is 2.94 bits per heavy atom. The first kappa shape index (κ1) is 12.6. The molecule has 16 heavy (non-hydrogen) atoms. The molecule has 1 amide bonds. The fourth-order valence-corrected chi connectivity index (χ4v) is 1.33. The van der Waals surface area contributed by atoms with Gasteiger partial charge < -0.3 is 10.6 Å². The summed E-state index contributed by atoms with van der Waals surface area (Å²) < 4.78 is 0. The molecule has 0 aliphatic heterocycles. The number of hydrogen-bond donors (Lipinski definition) is 2. The summed E-state index contributed by atoms with van der Waals surface area (Å²) >= 11 is 0. The molecule has 0 atom stereocenters. The topological polar surface area (TPSA) is 54.0 Å². The quantitative estimate of drug-likeness (QED) is 0.690. The van der Waals surface area contributed by atoms with E-state index >= 15 is 0 Å². The van der Waals surface area contributed by atoms with Gasteiger partial charge in [-0.25, -0.2) is 4.98 Å². The third-order valence-corrected chi connectivity index (χ3v) is 2.18. The van der Waals surface area contributed by atoms with Crippen LogP contribution in [0.3, 0.4) is 0 Å². The van der Waals surface area contributed by atoms with Crippen LogP contribution >= 0.6 is 0 Å². The molecule has 4 heteroatoms. The van der Waals surface area contributed by atoms with Crippen LogP contribution in [-0.4, -0.2) is 24.0 Å². The third kappa shape index (κ3) is 5.46. The maximum absolute atomic E-state index is 11.4. The molecular formula is C12H19N3O. The zero-order valence-electron chi connectivity index (χ0n) is 9.70. The molecular weight excluding hydrogens is 202 g/mol. The molecule has 1 aromatic heterocycles. The molecule has 88 valence electrons. The molecule has 0 fully saturated rings. The van der Waals surface area contributed by atoms with E-state index in [0.717, 1.165) is 13.0 Å². The van der Waals surface area contributed by atoms with Gasteiger partial charge in [-0.1, -0.05) is 25.8 Å². The van der Waals surface area contributed by atoms with Gasteiger partial charge in [-0.05, 0) is 25.1 Å². The summed E-state index contributed by atoms with van der Waals surface area (Å²) in [5, 5.41) is 5.82. The number of unbranched alkanes of at least 4 members (excludes halogenated alkanes) is 2. The number of nitrogens with zero attached hydrogens (tertiary/aromatic N) is 1. The van der Waals surface area contributed by atoms with Crippen LogP contribution in [0.5, 0.6) is 0 Å². The van der Waals surface area contributed by atoms with Crippen molar-refractivity contribution >= 4 is 11.7 Å². The first-order valence-electron chi connectivity index (χ1n) is 5.74. The van der Waals surface area contributed by atoms with Crippen LogP contribution < -0.4 is 10.6 Å². The minimum absolute atomic E-state index is 0.0461. The molecule has 1 rings (SSSR count). The van der Waals surface area contributed by atoms with Crippen LogP contribution in [0.15, 0.2) is 24.4 Å². The number of carbonyl (C=O) groups excluding carboxylic acids is 1. The van der Waals surface area contributed by atoms with E-state index in [0.29, 0.717) is 12.4 Å². The maximum Gasteiger partial charge on any atom is 0.239 e. The van der Waals surface area contributed by atoms with Gasteiger partial charge in [-0.15, -0.1) is 0 Å². The summed E-state index contributed by atoms with van der Waals surface area (Å²) in [5.74, 6) is 0.554. The standard InChI is InChI=1S/C12H19N3O/c1-2-3-5-8-13-10-12(16)15-11-7-4-6-9-14-11/h4,6-7,9,13H,2-3,5,8,10H2,1H3,(H,14,15,16). The molecule has 0 aliphatic rings. The smallest absolute Gasteiger partial charge is 0.239 e. The molecule has 0 aromatic carbocycles. The highest BCUT2D eigenvalue weighted by Crippen LogP contribution is 1.98. The van der Waals surface area contributed by atoms with Crippen molar-refractivity contribution in [1.82, 2.24) is 10.3 Å². The first-order chi connectivity index (χ1) is 7.83. The first-order valence-corrected chi connectivity index (χ1v) is 5.74. The number of anilines is 1. The number of hydrogen-bond acceptors (Lipinski definition) is 3. The van der Waals surface area contributed by atoms with Crippen LogP contribution in [-0.2, 0) is 4.79 Å². The Balaban J connectivity index is 2.12. The number of carbonyl (C=O) groups is 1. The van der Waals surface area contributed by atoms with Crippen LogP contribution in [0.25, 0.3) is 0 Å². The Bertz CT molecular complexity index is 300. The maximum atomic E-state index is 11.4. The van der Waals surface area contributed by atoms with Crippen molar-refractivity contribution in [2.45, 2.75) is 26.2 Å². The van der Waals surface area contributed by atoms with E-state index in [4.69, 9.17) is 0 Å². The molecule has 0 bridgehead atoms. The molecule has 0 spiro atoms. The highest BCUT2D eigenvalue weighted by atomic mass is 16.1. The second-order valence-corrected chi connectivity index (χ2v) is 3.65. The number of rotatable bonds is 7. The summed E-state index contributed by atoms with van der Waals surface area (Å²) in [5.41, 5.74) is 0. The number of nitrogens with one attached hydrogen (secondary N) is 2. The lowest BCUT2D eigenvalue weighted by molar-refractivity contribution is -0.115. The van der Waals surface area contributed by atoms with Crippen LogP contribution in [0, 0.1) is 0 Å². The minimum atomic E-state index is -0.0461. The normalized spacial score (nSPS) is 10.1. The summed E-state index contributed by atoms with van der Waals surface area (Å²) in [4.78, 5) is 15.4. The van der Waals surface area contributed by atoms with Gasteiger partial charge in [0.1, 0.15) is 5.82 Å². The van der Waals surface area contributed by atoms with Gasteiger partial charge in [0, 0.05) is 6.20 Å². The third-order valence-electron chi connectivity index (χ3n) is 2.18. The molecule has 0 saturated heterocycles. The zero-order chi connectivity index (χ0) is 11.6. The van der Waals surface area contributed by atoms with Crippen LogP contribution in [0.1, 0.15) is 26.2 Å². The van der Waals surface area contributed by atoms with E-state index in [1.165, 1.54) is 12.8 Å². The highest BCUT2D eigenvalue weighted by molar-refractivity contribution is 5.91. The van der Waals surface area contributed by atoms with E-state index < -0.39 is 0 Å². The largest absolute Gasteiger partial charge is 0.310 e. The summed E-state index contributed by atoms with van der Waals surface area (Å²) in [6.45, 7) is 3.40. The van der Waals surface area contributed by atoms with Crippen molar-refractivity contribution in [3.05, 3.63) is 24.4 Å². The minimum Gasteiger partial charge on any atom is -0.310 e. The fraction of sp³-hybridized carbons (Fsp3) is 0.500. The molecule has 1 heterocycles. The zero-order valence-corrected chi connectivity index (χ0v) is 9.70. The second kappa shape index (κ2) is 7.82. The van der Waals surface area contributed by atoms with Crippen LogP contribution in [0.2, 0.25) is 0 Å².